The lowest BCUT2D eigenvalue weighted by atomic mass is 9.65. The Hall–Kier alpha value is -1.26. The van der Waals surface area contributed by atoms with Gasteiger partial charge in [-0.05, 0) is 50.3 Å². The second kappa shape index (κ2) is 4.39. The van der Waals surface area contributed by atoms with Crippen molar-refractivity contribution in [1.82, 2.24) is 0 Å². The summed E-state index contributed by atoms with van der Waals surface area (Å²) >= 11 is 0. The Kier molecular flexibility index (Phi) is 2.95. The number of hydrogen-bond acceptors (Lipinski definition) is 4. The van der Waals surface area contributed by atoms with E-state index in [9.17, 15) is 5.11 Å². The number of aliphatic hydroxyl groups is 1. The van der Waals surface area contributed by atoms with E-state index in [4.69, 9.17) is 15.2 Å². The molecule has 1 aliphatic carbocycles. The monoisotopic (exact) mass is 263 g/mol. The summed E-state index contributed by atoms with van der Waals surface area (Å²) < 4.78 is 10.8. The lowest BCUT2D eigenvalue weighted by Crippen LogP contribution is -2.43. The van der Waals surface area contributed by atoms with E-state index in [1.807, 2.05) is 13.0 Å². The van der Waals surface area contributed by atoms with Gasteiger partial charge in [-0.2, -0.15) is 0 Å². The van der Waals surface area contributed by atoms with Crippen LogP contribution in [0.3, 0.4) is 0 Å². The molecule has 1 aromatic rings. The molecule has 4 heteroatoms. The van der Waals surface area contributed by atoms with E-state index in [2.05, 4.69) is 12.1 Å². The van der Waals surface area contributed by atoms with Crippen LogP contribution in [-0.4, -0.2) is 24.0 Å². The first-order valence-corrected chi connectivity index (χ1v) is 6.87. The first-order valence-electron chi connectivity index (χ1n) is 6.87. The molecule has 104 valence electrons. The molecule has 1 aliphatic heterocycles. The summed E-state index contributed by atoms with van der Waals surface area (Å²) in [5.74, 6) is 1.61. The van der Waals surface area contributed by atoms with Gasteiger partial charge < -0.3 is 20.3 Å². The Labute approximate surface area is 113 Å². The van der Waals surface area contributed by atoms with Gasteiger partial charge in [0.25, 0.3) is 0 Å². The molecule has 3 rings (SSSR count). The normalized spacial score (nSPS) is 33.4. The summed E-state index contributed by atoms with van der Waals surface area (Å²) in [7, 11) is 0. The molecule has 0 aromatic heterocycles. The standard InChI is InChI=1S/C15H21NO3/c1-14(17)4-6-15(9-16,7-5-14)11-2-3-12-13(8-11)19-10-18-12/h2-3,8,17H,4-7,9-10,16H2,1H3. The van der Waals surface area contributed by atoms with Crippen molar-refractivity contribution in [2.75, 3.05) is 13.3 Å². The van der Waals surface area contributed by atoms with Crippen LogP contribution >= 0.6 is 0 Å². The zero-order chi connectivity index (χ0) is 13.5. The SMILES string of the molecule is CC1(O)CCC(CN)(c2ccc3c(c2)OCO3)CC1. The Balaban J connectivity index is 1.90. The molecular formula is C15H21NO3. The van der Waals surface area contributed by atoms with Gasteiger partial charge in [0.15, 0.2) is 11.5 Å². The maximum atomic E-state index is 10.1. The van der Waals surface area contributed by atoms with Gasteiger partial charge in [-0.15, -0.1) is 0 Å². The summed E-state index contributed by atoms with van der Waals surface area (Å²) in [6.07, 6.45) is 3.41. The molecular weight excluding hydrogens is 242 g/mol. The fourth-order valence-corrected chi connectivity index (χ4v) is 3.10. The molecule has 3 N–H and O–H groups in total. The van der Waals surface area contributed by atoms with Gasteiger partial charge in [0.05, 0.1) is 5.60 Å². The van der Waals surface area contributed by atoms with Crippen LogP contribution in [-0.2, 0) is 5.41 Å². The first-order chi connectivity index (χ1) is 9.05. The van der Waals surface area contributed by atoms with Crippen LogP contribution in [0.5, 0.6) is 11.5 Å². The van der Waals surface area contributed by atoms with Crippen molar-refractivity contribution in [2.45, 2.75) is 43.6 Å². The molecule has 0 radical (unpaired) electrons. The summed E-state index contributed by atoms with van der Waals surface area (Å²) in [5, 5.41) is 10.1. The van der Waals surface area contributed by atoms with Crippen LogP contribution in [0.25, 0.3) is 0 Å². The van der Waals surface area contributed by atoms with Gasteiger partial charge in [0.1, 0.15) is 0 Å². The molecule has 1 heterocycles. The third-order valence-electron chi connectivity index (χ3n) is 4.66. The smallest absolute Gasteiger partial charge is 0.231 e. The molecule has 0 atom stereocenters. The fourth-order valence-electron chi connectivity index (χ4n) is 3.10. The van der Waals surface area contributed by atoms with Crippen molar-refractivity contribution in [3.05, 3.63) is 23.8 Å². The zero-order valence-electron chi connectivity index (χ0n) is 11.3. The minimum absolute atomic E-state index is 0.0385. The Bertz CT molecular complexity index is 474. The van der Waals surface area contributed by atoms with Crippen molar-refractivity contribution in [3.8, 4) is 11.5 Å². The van der Waals surface area contributed by atoms with Gasteiger partial charge in [-0.1, -0.05) is 6.07 Å². The first kappa shape index (κ1) is 12.8. The quantitative estimate of drug-likeness (QED) is 0.856. The second-order valence-corrected chi connectivity index (χ2v) is 6.05. The van der Waals surface area contributed by atoms with Crippen LogP contribution in [0, 0.1) is 0 Å². The largest absolute Gasteiger partial charge is 0.454 e. The molecule has 0 saturated heterocycles. The van der Waals surface area contributed by atoms with E-state index >= 15 is 0 Å². The number of hydrogen-bond donors (Lipinski definition) is 2. The van der Waals surface area contributed by atoms with Gasteiger partial charge in [0.2, 0.25) is 6.79 Å². The van der Waals surface area contributed by atoms with Crippen molar-refractivity contribution in [2.24, 2.45) is 5.73 Å². The molecule has 0 spiro atoms. The highest BCUT2D eigenvalue weighted by atomic mass is 16.7. The zero-order valence-corrected chi connectivity index (χ0v) is 11.3. The summed E-state index contributed by atoms with van der Waals surface area (Å²) in [6.45, 7) is 2.80. The molecule has 19 heavy (non-hydrogen) atoms. The van der Waals surface area contributed by atoms with Crippen LogP contribution in [0.15, 0.2) is 18.2 Å². The highest BCUT2D eigenvalue weighted by Gasteiger charge is 2.40. The second-order valence-electron chi connectivity index (χ2n) is 6.05. The van der Waals surface area contributed by atoms with Gasteiger partial charge in [0, 0.05) is 12.0 Å². The number of ether oxygens (including phenoxy) is 2. The molecule has 1 fully saturated rings. The van der Waals surface area contributed by atoms with E-state index in [1.54, 1.807) is 0 Å². The van der Waals surface area contributed by atoms with Gasteiger partial charge in [-0.25, -0.2) is 0 Å². The van der Waals surface area contributed by atoms with E-state index in [-0.39, 0.29) is 5.41 Å². The van der Waals surface area contributed by atoms with Gasteiger partial charge in [-0.3, -0.25) is 0 Å². The van der Waals surface area contributed by atoms with Crippen molar-refractivity contribution < 1.29 is 14.6 Å². The molecule has 4 nitrogen and oxygen atoms in total. The molecule has 1 saturated carbocycles. The average Bonchev–Trinajstić information content (AvgIpc) is 2.87. The summed E-state index contributed by atoms with van der Waals surface area (Å²) in [6, 6.07) is 6.09. The predicted molar refractivity (Wildman–Crippen MR) is 72.4 cm³/mol. The number of benzene rings is 1. The number of nitrogens with two attached hydrogens (primary N) is 1. The summed E-state index contributed by atoms with van der Waals surface area (Å²) in [4.78, 5) is 0. The minimum Gasteiger partial charge on any atom is -0.454 e. The predicted octanol–water partition coefficient (Wildman–Crippen LogP) is 1.94. The van der Waals surface area contributed by atoms with E-state index in [0.717, 1.165) is 37.2 Å². The number of rotatable bonds is 2. The van der Waals surface area contributed by atoms with Crippen LogP contribution < -0.4 is 15.2 Å². The topological polar surface area (TPSA) is 64.7 Å². The van der Waals surface area contributed by atoms with Crippen LogP contribution in [0.4, 0.5) is 0 Å². The third kappa shape index (κ3) is 2.19. The van der Waals surface area contributed by atoms with E-state index in [0.29, 0.717) is 13.3 Å². The molecule has 2 aliphatic rings. The Morgan fingerprint density at radius 1 is 1.16 bits per heavy atom. The van der Waals surface area contributed by atoms with Crippen molar-refractivity contribution in [1.29, 1.82) is 0 Å². The highest BCUT2D eigenvalue weighted by molar-refractivity contribution is 5.47. The van der Waals surface area contributed by atoms with Gasteiger partial charge >= 0.3 is 0 Å². The highest BCUT2D eigenvalue weighted by Crippen LogP contribution is 2.45. The maximum absolute atomic E-state index is 10.1. The van der Waals surface area contributed by atoms with Crippen molar-refractivity contribution in [3.63, 3.8) is 0 Å². The van der Waals surface area contributed by atoms with E-state index < -0.39 is 5.60 Å². The minimum atomic E-state index is -0.547. The Morgan fingerprint density at radius 3 is 2.53 bits per heavy atom. The molecule has 0 unspecified atom stereocenters. The van der Waals surface area contributed by atoms with Crippen molar-refractivity contribution >= 4 is 0 Å². The molecule has 0 amide bonds. The maximum Gasteiger partial charge on any atom is 0.231 e. The Morgan fingerprint density at radius 2 is 1.84 bits per heavy atom. The lowest BCUT2D eigenvalue weighted by molar-refractivity contribution is 0.00142. The van der Waals surface area contributed by atoms with Crippen LogP contribution in [0.1, 0.15) is 38.2 Å². The molecule has 1 aromatic carbocycles. The summed E-state index contributed by atoms with van der Waals surface area (Å²) in [5.41, 5.74) is 6.67. The molecule has 0 bridgehead atoms. The van der Waals surface area contributed by atoms with Crippen LogP contribution in [0.2, 0.25) is 0 Å². The third-order valence-corrected chi connectivity index (χ3v) is 4.66. The fraction of sp³-hybridized carbons (Fsp3) is 0.600. The van der Waals surface area contributed by atoms with E-state index in [1.165, 1.54) is 5.56 Å². The lowest BCUT2D eigenvalue weighted by Gasteiger charge is -2.42. The average molecular weight is 263 g/mol. The number of fused-ring (bicyclic) bond motifs is 1.